The predicted octanol–water partition coefficient (Wildman–Crippen LogP) is 0.875. The summed E-state index contributed by atoms with van der Waals surface area (Å²) >= 11 is 0. The van der Waals surface area contributed by atoms with Crippen molar-refractivity contribution in [2.75, 3.05) is 0 Å². The number of nitrogens with zero attached hydrogens (tertiary/aromatic N) is 1. The highest BCUT2D eigenvalue weighted by molar-refractivity contribution is 5.85. The Kier molecular flexibility index (Phi) is 2.52. The van der Waals surface area contributed by atoms with Crippen LogP contribution >= 0.6 is 0 Å². The lowest BCUT2D eigenvalue weighted by atomic mass is 10.1. The minimum absolute atomic E-state index is 0.346. The average Bonchev–Trinajstić information content (AvgIpc) is 2.27. The second kappa shape index (κ2) is 3.84. The van der Waals surface area contributed by atoms with Crippen molar-refractivity contribution < 1.29 is 14.3 Å². The van der Waals surface area contributed by atoms with Gasteiger partial charge in [-0.15, -0.1) is 0 Å². The number of rotatable bonds is 2. The zero-order valence-electron chi connectivity index (χ0n) is 8.84. The van der Waals surface area contributed by atoms with Crippen molar-refractivity contribution in [1.29, 1.82) is 0 Å². The van der Waals surface area contributed by atoms with Gasteiger partial charge in [-0.1, -0.05) is 18.2 Å². The normalized spacial score (nSPS) is 16.3. The molecule has 1 aromatic rings. The number of carbonyl (C=O) groups is 2. The molecule has 1 unspecified atom stereocenters. The zero-order chi connectivity index (χ0) is 11.7. The molecule has 1 aromatic carbocycles. The van der Waals surface area contributed by atoms with Crippen LogP contribution in [0.15, 0.2) is 24.3 Å². The second-order valence-corrected chi connectivity index (χ2v) is 3.68. The molecule has 0 saturated heterocycles. The van der Waals surface area contributed by atoms with Crippen molar-refractivity contribution in [2.45, 2.75) is 19.5 Å². The molecular formula is C11H12N2O3. The van der Waals surface area contributed by atoms with Crippen LogP contribution in [0.1, 0.15) is 12.5 Å². The summed E-state index contributed by atoms with van der Waals surface area (Å²) in [5, 5.41) is 0. The van der Waals surface area contributed by atoms with E-state index in [-0.39, 0.29) is 0 Å². The number of benzene rings is 1. The van der Waals surface area contributed by atoms with Gasteiger partial charge < -0.3 is 10.5 Å². The molecule has 0 spiro atoms. The van der Waals surface area contributed by atoms with Crippen LogP contribution in [0.5, 0.6) is 5.75 Å². The SMILES string of the molecule is CC(C(N)=O)N1Cc2ccccc2OC1=O. The largest absolute Gasteiger partial charge is 0.416 e. The third-order valence-electron chi connectivity index (χ3n) is 2.62. The average molecular weight is 220 g/mol. The highest BCUT2D eigenvalue weighted by Crippen LogP contribution is 2.26. The van der Waals surface area contributed by atoms with Gasteiger partial charge in [0.1, 0.15) is 11.8 Å². The van der Waals surface area contributed by atoms with Gasteiger partial charge in [0.2, 0.25) is 5.91 Å². The topological polar surface area (TPSA) is 72.6 Å². The molecule has 84 valence electrons. The van der Waals surface area contributed by atoms with Crippen molar-refractivity contribution in [2.24, 2.45) is 5.73 Å². The standard InChI is InChI=1S/C11H12N2O3/c1-7(10(12)14)13-6-8-4-2-3-5-9(8)16-11(13)15/h2-5,7H,6H2,1H3,(H2,12,14). The highest BCUT2D eigenvalue weighted by Gasteiger charge is 2.30. The molecule has 2 N–H and O–H groups in total. The number of fused-ring (bicyclic) bond motifs is 1. The smallest absolute Gasteiger partial charge is 0.410 e. The lowest BCUT2D eigenvalue weighted by Crippen LogP contribution is -2.48. The van der Waals surface area contributed by atoms with E-state index in [1.807, 2.05) is 12.1 Å². The Labute approximate surface area is 92.8 Å². The summed E-state index contributed by atoms with van der Waals surface area (Å²) in [5.74, 6) is -0.00301. The summed E-state index contributed by atoms with van der Waals surface area (Å²) < 4.78 is 5.09. The third-order valence-corrected chi connectivity index (χ3v) is 2.62. The number of amides is 2. The molecule has 0 fully saturated rings. The van der Waals surface area contributed by atoms with Crippen LogP contribution < -0.4 is 10.5 Å². The van der Waals surface area contributed by atoms with E-state index in [9.17, 15) is 9.59 Å². The van der Waals surface area contributed by atoms with Crippen molar-refractivity contribution in [3.8, 4) is 5.75 Å². The Morgan fingerprint density at radius 2 is 2.19 bits per heavy atom. The van der Waals surface area contributed by atoms with E-state index in [2.05, 4.69) is 0 Å². The van der Waals surface area contributed by atoms with E-state index >= 15 is 0 Å². The first-order chi connectivity index (χ1) is 7.59. The lowest BCUT2D eigenvalue weighted by molar-refractivity contribution is -0.122. The van der Waals surface area contributed by atoms with E-state index in [1.165, 1.54) is 4.90 Å². The Morgan fingerprint density at radius 1 is 1.50 bits per heavy atom. The Hall–Kier alpha value is -2.04. The predicted molar refractivity (Wildman–Crippen MR) is 56.7 cm³/mol. The molecule has 2 amide bonds. The van der Waals surface area contributed by atoms with E-state index < -0.39 is 18.0 Å². The summed E-state index contributed by atoms with van der Waals surface area (Å²) in [7, 11) is 0. The van der Waals surface area contributed by atoms with Gasteiger partial charge >= 0.3 is 6.09 Å². The number of hydrogen-bond donors (Lipinski definition) is 1. The quantitative estimate of drug-likeness (QED) is 0.803. The summed E-state index contributed by atoms with van der Waals surface area (Å²) in [6.45, 7) is 1.93. The maximum Gasteiger partial charge on any atom is 0.416 e. The van der Waals surface area contributed by atoms with Gasteiger partial charge in [0.15, 0.2) is 0 Å². The Bertz CT molecular complexity index is 445. The minimum Gasteiger partial charge on any atom is -0.410 e. The van der Waals surface area contributed by atoms with E-state index in [4.69, 9.17) is 10.5 Å². The van der Waals surface area contributed by atoms with Crippen LogP contribution in [0.4, 0.5) is 4.79 Å². The fraction of sp³-hybridized carbons (Fsp3) is 0.273. The van der Waals surface area contributed by atoms with Crippen LogP contribution in [0.2, 0.25) is 0 Å². The number of primary amides is 1. The van der Waals surface area contributed by atoms with Gasteiger partial charge in [-0.2, -0.15) is 0 Å². The molecule has 1 heterocycles. The highest BCUT2D eigenvalue weighted by atomic mass is 16.6. The van der Waals surface area contributed by atoms with Crippen LogP contribution in [-0.4, -0.2) is 22.9 Å². The van der Waals surface area contributed by atoms with Crippen LogP contribution in [0, 0.1) is 0 Å². The molecule has 16 heavy (non-hydrogen) atoms. The first-order valence-electron chi connectivity index (χ1n) is 4.95. The van der Waals surface area contributed by atoms with Crippen molar-refractivity contribution >= 4 is 12.0 Å². The van der Waals surface area contributed by atoms with Gasteiger partial charge in [-0.3, -0.25) is 9.69 Å². The maximum absolute atomic E-state index is 11.6. The van der Waals surface area contributed by atoms with Crippen molar-refractivity contribution in [3.63, 3.8) is 0 Å². The number of para-hydroxylation sites is 1. The van der Waals surface area contributed by atoms with Crippen molar-refractivity contribution in [1.82, 2.24) is 4.90 Å². The van der Waals surface area contributed by atoms with Crippen LogP contribution in [0.3, 0.4) is 0 Å². The molecule has 5 nitrogen and oxygen atoms in total. The minimum atomic E-state index is -0.666. The first kappa shape index (κ1) is 10.5. The third kappa shape index (κ3) is 1.71. The molecule has 1 atom stereocenters. The van der Waals surface area contributed by atoms with Gasteiger partial charge in [0.05, 0.1) is 6.54 Å². The molecule has 1 aliphatic rings. The number of hydrogen-bond acceptors (Lipinski definition) is 3. The summed E-state index contributed by atoms with van der Waals surface area (Å²) in [6, 6.07) is 6.55. The summed E-state index contributed by atoms with van der Waals surface area (Å²) in [4.78, 5) is 23.9. The molecule has 0 bridgehead atoms. The molecule has 1 aliphatic heterocycles. The van der Waals surface area contributed by atoms with E-state index in [0.29, 0.717) is 12.3 Å². The fourth-order valence-electron chi connectivity index (χ4n) is 1.58. The summed E-state index contributed by atoms with van der Waals surface area (Å²) in [6.07, 6.45) is -0.537. The monoisotopic (exact) mass is 220 g/mol. The number of carbonyl (C=O) groups excluding carboxylic acids is 2. The Morgan fingerprint density at radius 3 is 2.88 bits per heavy atom. The maximum atomic E-state index is 11.6. The molecular weight excluding hydrogens is 208 g/mol. The summed E-state index contributed by atoms with van der Waals surface area (Å²) in [5.41, 5.74) is 6.03. The molecule has 0 aromatic heterocycles. The fourth-order valence-corrected chi connectivity index (χ4v) is 1.58. The molecule has 0 radical (unpaired) electrons. The molecule has 0 aliphatic carbocycles. The van der Waals surface area contributed by atoms with Crippen molar-refractivity contribution in [3.05, 3.63) is 29.8 Å². The van der Waals surface area contributed by atoms with Gasteiger partial charge in [-0.25, -0.2) is 4.79 Å². The van der Waals surface area contributed by atoms with Gasteiger partial charge in [0.25, 0.3) is 0 Å². The van der Waals surface area contributed by atoms with Crippen LogP contribution in [-0.2, 0) is 11.3 Å². The van der Waals surface area contributed by atoms with Crippen LogP contribution in [0.25, 0.3) is 0 Å². The zero-order valence-corrected chi connectivity index (χ0v) is 8.84. The lowest BCUT2D eigenvalue weighted by Gasteiger charge is -2.30. The van der Waals surface area contributed by atoms with E-state index in [1.54, 1.807) is 19.1 Å². The number of ether oxygens (including phenoxy) is 1. The molecule has 0 saturated carbocycles. The molecule has 2 rings (SSSR count). The van der Waals surface area contributed by atoms with E-state index in [0.717, 1.165) is 5.56 Å². The first-order valence-corrected chi connectivity index (χ1v) is 4.95. The van der Waals surface area contributed by atoms with Gasteiger partial charge in [0, 0.05) is 5.56 Å². The number of nitrogens with two attached hydrogens (primary N) is 1. The van der Waals surface area contributed by atoms with Gasteiger partial charge in [-0.05, 0) is 13.0 Å². The molecule has 5 heteroatoms. The second-order valence-electron chi connectivity index (χ2n) is 3.68. The Balaban J connectivity index is 2.28.